The number of rotatable bonds is 6. The van der Waals surface area contributed by atoms with E-state index in [4.69, 9.17) is 15.2 Å². The third-order valence-electron chi connectivity index (χ3n) is 3.82. The van der Waals surface area contributed by atoms with Crippen LogP contribution in [0.3, 0.4) is 0 Å². The first-order chi connectivity index (χ1) is 11.7. The average molecular weight is 449 g/mol. The zero-order valence-corrected chi connectivity index (χ0v) is 16.2. The van der Waals surface area contributed by atoms with E-state index in [1.807, 2.05) is 4.93 Å². The SMILES string of the molecule is CCCCOc1nc(N)c2[nH]c(=O)n(CC3CCOC3)c2n1.CI. The van der Waals surface area contributed by atoms with E-state index in [0.717, 1.165) is 25.9 Å². The van der Waals surface area contributed by atoms with Crippen molar-refractivity contribution < 1.29 is 9.47 Å². The van der Waals surface area contributed by atoms with Gasteiger partial charge in [0.25, 0.3) is 0 Å². The molecule has 24 heavy (non-hydrogen) atoms. The molecule has 1 atom stereocenters. The van der Waals surface area contributed by atoms with Gasteiger partial charge in [-0.05, 0) is 17.8 Å². The molecule has 1 unspecified atom stereocenters. The lowest BCUT2D eigenvalue weighted by molar-refractivity contribution is 0.182. The second-order valence-electron chi connectivity index (χ2n) is 5.56. The topological polar surface area (TPSA) is 108 Å². The van der Waals surface area contributed by atoms with Crippen LogP contribution in [0.5, 0.6) is 6.01 Å². The summed E-state index contributed by atoms with van der Waals surface area (Å²) >= 11 is 2.15. The number of nitrogens with one attached hydrogen (secondary N) is 1. The molecule has 1 fully saturated rings. The minimum Gasteiger partial charge on any atom is -0.463 e. The van der Waals surface area contributed by atoms with Crippen LogP contribution in [-0.2, 0) is 11.3 Å². The molecule has 0 radical (unpaired) electrons. The van der Waals surface area contributed by atoms with Gasteiger partial charge in [-0.2, -0.15) is 9.97 Å². The molecule has 1 aliphatic rings. The number of fused-ring (bicyclic) bond motifs is 1. The third kappa shape index (κ3) is 4.38. The molecular formula is C15H24IN5O3. The van der Waals surface area contributed by atoms with Crippen LogP contribution in [0.2, 0.25) is 0 Å². The van der Waals surface area contributed by atoms with Crippen LogP contribution in [0.4, 0.5) is 5.82 Å². The molecule has 9 heteroatoms. The van der Waals surface area contributed by atoms with Crippen molar-refractivity contribution in [1.29, 1.82) is 0 Å². The van der Waals surface area contributed by atoms with Gasteiger partial charge in [0, 0.05) is 19.1 Å². The Balaban J connectivity index is 0.00000100. The van der Waals surface area contributed by atoms with Gasteiger partial charge in [0.05, 0.1) is 13.2 Å². The Bertz CT molecular complexity index is 709. The van der Waals surface area contributed by atoms with E-state index in [9.17, 15) is 4.79 Å². The number of H-pyrrole nitrogens is 1. The number of alkyl halides is 1. The normalized spacial score (nSPS) is 16.9. The Morgan fingerprint density at radius 1 is 1.46 bits per heavy atom. The van der Waals surface area contributed by atoms with E-state index in [0.29, 0.717) is 36.8 Å². The van der Waals surface area contributed by atoms with Gasteiger partial charge in [-0.3, -0.25) is 4.57 Å². The Morgan fingerprint density at radius 3 is 2.92 bits per heavy atom. The lowest BCUT2D eigenvalue weighted by atomic mass is 10.1. The average Bonchev–Trinajstić information content (AvgIpc) is 3.20. The van der Waals surface area contributed by atoms with Crippen molar-refractivity contribution in [2.75, 3.05) is 30.5 Å². The van der Waals surface area contributed by atoms with Gasteiger partial charge in [-0.1, -0.05) is 35.9 Å². The predicted molar refractivity (Wildman–Crippen MR) is 102 cm³/mol. The Kier molecular flexibility index (Phi) is 7.28. The molecule has 3 N–H and O–H groups in total. The number of aromatic nitrogens is 4. The Hall–Kier alpha value is -1.36. The van der Waals surface area contributed by atoms with Crippen LogP contribution in [0.25, 0.3) is 11.2 Å². The number of aromatic amines is 1. The molecule has 0 aromatic carbocycles. The highest BCUT2D eigenvalue weighted by Gasteiger charge is 2.21. The number of hydrogen-bond donors (Lipinski definition) is 2. The van der Waals surface area contributed by atoms with Crippen LogP contribution < -0.4 is 16.2 Å². The number of halogens is 1. The van der Waals surface area contributed by atoms with Crippen molar-refractivity contribution in [2.24, 2.45) is 5.92 Å². The molecule has 1 aliphatic heterocycles. The molecule has 0 spiro atoms. The smallest absolute Gasteiger partial charge is 0.327 e. The first kappa shape index (κ1) is 19.0. The van der Waals surface area contributed by atoms with Gasteiger partial charge in [-0.25, -0.2) is 4.79 Å². The molecule has 3 heterocycles. The number of ether oxygens (including phenoxy) is 2. The molecule has 2 aromatic rings. The fourth-order valence-corrected chi connectivity index (χ4v) is 2.56. The second kappa shape index (κ2) is 9.21. The van der Waals surface area contributed by atoms with Crippen LogP contribution in [0, 0.1) is 5.92 Å². The van der Waals surface area contributed by atoms with Gasteiger partial charge in [0.2, 0.25) is 0 Å². The quantitative estimate of drug-likeness (QED) is 0.397. The minimum atomic E-state index is -0.228. The van der Waals surface area contributed by atoms with Crippen molar-refractivity contribution in [3.05, 3.63) is 10.5 Å². The zero-order chi connectivity index (χ0) is 17.5. The number of nitrogens with zero attached hydrogens (tertiary/aromatic N) is 3. The first-order valence-corrected chi connectivity index (χ1v) is 10.2. The summed E-state index contributed by atoms with van der Waals surface area (Å²) in [6, 6.07) is 0.217. The summed E-state index contributed by atoms with van der Waals surface area (Å²) in [5, 5.41) is 0. The van der Waals surface area contributed by atoms with Gasteiger partial charge in [0.15, 0.2) is 11.5 Å². The first-order valence-electron chi connectivity index (χ1n) is 8.03. The van der Waals surface area contributed by atoms with E-state index >= 15 is 0 Å². The van der Waals surface area contributed by atoms with Crippen molar-refractivity contribution in [2.45, 2.75) is 32.7 Å². The number of nitrogen functional groups attached to an aromatic ring is 1. The molecule has 2 aromatic heterocycles. The number of hydrogen-bond acceptors (Lipinski definition) is 6. The van der Waals surface area contributed by atoms with E-state index < -0.39 is 0 Å². The minimum absolute atomic E-state index is 0.217. The maximum atomic E-state index is 12.2. The zero-order valence-electron chi connectivity index (χ0n) is 14.0. The van der Waals surface area contributed by atoms with Crippen molar-refractivity contribution in [1.82, 2.24) is 19.5 Å². The fraction of sp³-hybridized carbons (Fsp3) is 0.667. The van der Waals surface area contributed by atoms with Gasteiger partial charge in [0.1, 0.15) is 5.52 Å². The highest BCUT2D eigenvalue weighted by Crippen LogP contribution is 2.20. The van der Waals surface area contributed by atoms with Crippen molar-refractivity contribution >= 4 is 39.6 Å². The Morgan fingerprint density at radius 2 is 2.25 bits per heavy atom. The van der Waals surface area contributed by atoms with Crippen molar-refractivity contribution in [3.63, 3.8) is 0 Å². The predicted octanol–water partition coefficient (Wildman–Crippen LogP) is 1.97. The summed E-state index contributed by atoms with van der Waals surface area (Å²) < 4.78 is 12.5. The monoisotopic (exact) mass is 449 g/mol. The molecule has 0 amide bonds. The molecule has 0 bridgehead atoms. The number of nitrogens with two attached hydrogens (primary N) is 1. The molecule has 134 valence electrons. The Labute approximate surface area is 154 Å². The summed E-state index contributed by atoms with van der Waals surface area (Å²) in [4.78, 5) is 25.3. The lowest BCUT2D eigenvalue weighted by Gasteiger charge is -2.09. The van der Waals surface area contributed by atoms with Crippen LogP contribution in [0.15, 0.2) is 4.79 Å². The van der Waals surface area contributed by atoms with E-state index in [1.165, 1.54) is 0 Å². The maximum Gasteiger partial charge on any atom is 0.327 e. The number of anilines is 1. The van der Waals surface area contributed by atoms with Gasteiger partial charge >= 0.3 is 11.7 Å². The molecule has 1 saturated heterocycles. The molecule has 3 rings (SSSR count). The standard InChI is InChI=1S/C14H21N5O3.CH3I/c1-2-3-5-22-13-17-11(15)10-12(18-13)19(14(20)16-10)7-9-4-6-21-8-9;1-2/h9H,2-8H2,1H3,(H,16,20)(H2,15,17,18);1H3. The van der Waals surface area contributed by atoms with Crippen LogP contribution >= 0.6 is 22.6 Å². The van der Waals surface area contributed by atoms with Crippen LogP contribution in [0.1, 0.15) is 26.2 Å². The molecular weight excluding hydrogens is 425 g/mol. The highest BCUT2D eigenvalue weighted by molar-refractivity contribution is 14.1. The molecule has 0 saturated carbocycles. The van der Waals surface area contributed by atoms with E-state index in [-0.39, 0.29) is 17.5 Å². The summed E-state index contributed by atoms with van der Waals surface area (Å²) in [5.41, 5.74) is 6.65. The lowest BCUT2D eigenvalue weighted by Crippen LogP contribution is -2.22. The number of unbranched alkanes of at least 4 members (excludes halogenated alkanes) is 1. The summed E-state index contributed by atoms with van der Waals surface area (Å²) in [6.07, 6.45) is 2.88. The van der Waals surface area contributed by atoms with E-state index in [1.54, 1.807) is 4.57 Å². The largest absolute Gasteiger partial charge is 0.463 e. The number of imidazole rings is 1. The second-order valence-corrected chi connectivity index (χ2v) is 5.56. The van der Waals surface area contributed by atoms with Crippen molar-refractivity contribution in [3.8, 4) is 6.01 Å². The summed E-state index contributed by atoms with van der Waals surface area (Å²) in [5.74, 6) is 0.548. The van der Waals surface area contributed by atoms with Gasteiger partial charge < -0.3 is 20.2 Å². The van der Waals surface area contributed by atoms with E-state index in [2.05, 4.69) is 44.5 Å². The molecule has 0 aliphatic carbocycles. The fourth-order valence-electron chi connectivity index (χ4n) is 2.56. The van der Waals surface area contributed by atoms with Crippen LogP contribution in [-0.4, -0.2) is 44.3 Å². The summed E-state index contributed by atoms with van der Waals surface area (Å²) in [7, 11) is 0. The summed E-state index contributed by atoms with van der Waals surface area (Å²) in [6.45, 7) is 4.58. The van der Waals surface area contributed by atoms with Gasteiger partial charge in [-0.15, -0.1) is 0 Å². The third-order valence-corrected chi connectivity index (χ3v) is 3.82. The highest BCUT2D eigenvalue weighted by atomic mass is 127. The maximum absolute atomic E-state index is 12.2. The molecule has 8 nitrogen and oxygen atoms in total.